The maximum Gasteiger partial charge on any atom is 0.291 e. The van der Waals surface area contributed by atoms with Gasteiger partial charge in [0.15, 0.2) is 5.76 Å². The first-order valence-electron chi connectivity index (χ1n) is 9.99. The summed E-state index contributed by atoms with van der Waals surface area (Å²) in [4.78, 5) is 15.2. The van der Waals surface area contributed by atoms with Crippen molar-refractivity contribution in [2.24, 2.45) is 0 Å². The zero-order valence-electron chi connectivity index (χ0n) is 17.5. The molecule has 1 aliphatic rings. The number of ether oxygens (including phenoxy) is 1. The predicted molar refractivity (Wildman–Crippen MR) is 118 cm³/mol. The number of anilines is 1. The van der Waals surface area contributed by atoms with Crippen molar-refractivity contribution in [3.8, 4) is 0 Å². The number of likely N-dealkylation sites (N-methyl/N-ethyl adjacent to an activating group) is 1. The minimum Gasteiger partial charge on any atom is -0.451 e. The van der Waals surface area contributed by atoms with Crippen LogP contribution in [-0.2, 0) is 21.4 Å². The number of carbonyl (C=O) groups is 1. The average molecular weight is 444 g/mol. The van der Waals surface area contributed by atoms with Crippen LogP contribution in [0.15, 0.2) is 57.8 Å². The van der Waals surface area contributed by atoms with Crippen molar-refractivity contribution in [1.82, 2.24) is 9.21 Å². The normalized spacial score (nSPS) is 15.9. The highest BCUT2D eigenvalue weighted by Crippen LogP contribution is 2.27. The van der Waals surface area contributed by atoms with Crippen LogP contribution in [0.5, 0.6) is 0 Å². The van der Waals surface area contributed by atoms with Gasteiger partial charge >= 0.3 is 0 Å². The summed E-state index contributed by atoms with van der Waals surface area (Å²) in [6.45, 7) is 2.57. The fourth-order valence-corrected chi connectivity index (χ4v) is 5.07. The molecule has 1 fully saturated rings. The summed E-state index contributed by atoms with van der Waals surface area (Å²) in [6.07, 6.45) is 0. The second-order valence-corrected chi connectivity index (χ2v) is 9.46. The van der Waals surface area contributed by atoms with Crippen molar-refractivity contribution in [3.63, 3.8) is 0 Å². The van der Waals surface area contributed by atoms with Crippen LogP contribution in [0.4, 0.5) is 5.69 Å². The van der Waals surface area contributed by atoms with Gasteiger partial charge in [-0.3, -0.25) is 4.79 Å². The molecule has 0 aliphatic carbocycles. The van der Waals surface area contributed by atoms with Crippen LogP contribution in [-0.4, -0.2) is 63.9 Å². The van der Waals surface area contributed by atoms with E-state index in [0.717, 1.165) is 5.39 Å². The number of rotatable bonds is 6. The summed E-state index contributed by atoms with van der Waals surface area (Å²) >= 11 is 0. The second kappa shape index (κ2) is 8.80. The molecular weight excluding hydrogens is 418 g/mol. The van der Waals surface area contributed by atoms with E-state index in [1.165, 1.54) is 16.4 Å². The van der Waals surface area contributed by atoms with Crippen molar-refractivity contribution in [3.05, 3.63) is 59.9 Å². The number of nitrogens with one attached hydrogen (secondary N) is 1. The van der Waals surface area contributed by atoms with Crippen LogP contribution in [0.25, 0.3) is 11.0 Å². The summed E-state index contributed by atoms with van der Waals surface area (Å²) < 4.78 is 38.2. The molecular formula is C22H25N3O5S. The molecule has 1 N–H and O–H groups in total. The molecule has 2 aromatic carbocycles. The van der Waals surface area contributed by atoms with Crippen LogP contribution in [0.2, 0.25) is 0 Å². The Labute approximate surface area is 181 Å². The number of hydrogen-bond acceptors (Lipinski definition) is 6. The molecule has 0 unspecified atom stereocenters. The third-order valence-corrected chi connectivity index (χ3v) is 7.32. The highest BCUT2D eigenvalue weighted by Gasteiger charge is 2.27. The summed E-state index contributed by atoms with van der Waals surface area (Å²) in [5.74, 6) is -0.241. The largest absolute Gasteiger partial charge is 0.451 e. The molecule has 31 heavy (non-hydrogen) atoms. The molecule has 8 nitrogen and oxygen atoms in total. The smallest absolute Gasteiger partial charge is 0.291 e. The highest BCUT2D eigenvalue weighted by molar-refractivity contribution is 7.89. The van der Waals surface area contributed by atoms with Gasteiger partial charge < -0.3 is 19.4 Å². The van der Waals surface area contributed by atoms with Crippen LogP contribution in [0, 0.1) is 0 Å². The molecule has 9 heteroatoms. The van der Waals surface area contributed by atoms with Crippen molar-refractivity contribution >= 4 is 32.6 Å². The van der Waals surface area contributed by atoms with E-state index in [2.05, 4.69) is 10.2 Å². The molecule has 0 spiro atoms. The lowest BCUT2D eigenvalue weighted by Crippen LogP contribution is -2.46. The Bertz CT molecular complexity index is 1180. The number of hydrogen-bond donors (Lipinski definition) is 1. The lowest BCUT2D eigenvalue weighted by atomic mass is 10.1. The van der Waals surface area contributed by atoms with Gasteiger partial charge in [-0.15, -0.1) is 0 Å². The summed E-state index contributed by atoms with van der Waals surface area (Å²) in [5.41, 5.74) is 1.75. The molecule has 1 aromatic heterocycles. The fraction of sp³-hybridized carbons (Fsp3) is 0.318. The van der Waals surface area contributed by atoms with Gasteiger partial charge in [-0.25, -0.2) is 8.42 Å². The van der Waals surface area contributed by atoms with Crippen LogP contribution >= 0.6 is 0 Å². The van der Waals surface area contributed by atoms with E-state index < -0.39 is 15.9 Å². The number of carbonyl (C=O) groups excluding carboxylic acids is 1. The van der Waals surface area contributed by atoms with Gasteiger partial charge in [0.05, 0.1) is 11.5 Å². The summed E-state index contributed by atoms with van der Waals surface area (Å²) in [5, 5.41) is 3.60. The Kier molecular flexibility index (Phi) is 6.10. The first-order valence-corrected chi connectivity index (χ1v) is 11.4. The number of sulfonamides is 1. The van der Waals surface area contributed by atoms with Crippen molar-refractivity contribution < 1.29 is 22.4 Å². The second-order valence-electron chi connectivity index (χ2n) is 7.52. The van der Waals surface area contributed by atoms with Gasteiger partial charge in [0.25, 0.3) is 5.91 Å². The number of nitrogens with zero attached hydrogens (tertiary/aromatic N) is 2. The van der Waals surface area contributed by atoms with E-state index in [4.69, 9.17) is 9.15 Å². The van der Waals surface area contributed by atoms with Gasteiger partial charge in [-0.05, 0) is 37.4 Å². The molecule has 1 amide bonds. The summed E-state index contributed by atoms with van der Waals surface area (Å²) in [7, 11) is -0.0231. The number of methoxy groups -OCH3 is 1. The van der Waals surface area contributed by atoms with Gasteiger partial charge in [0, 0.05) is 49.9 Å². The van der Waals surface area contributed by atoms with Crippen molar-refractivity contribution in [2.45, 2.75) is 11.5 Å². The molecule has 1 saturated heterocycles. The molecule has 2 heterocycles. The monoisotopic (exact) mass is 443 g/mol. The molecule has 0 saturated carbocycles. The van der Waals surface area contributed by atoms with E-state index in [9.17, 15) is 13.2 Å². The Morgan fingerprint density at radius 1 is 1.06 bits per heavy atom. The number of para-hydroxylation sites is 1. The Balaban J connectivity index is 1.52. The minimum atomic E-state index is -3.56. The molecule has 164 valence electrons. The maximum atomic E-state index is 12.9. The minimum absolute atomic E-state index is 0.178. The third kappa shape index (κ3) is 4.35. The molecule has 3 aromatic rings. The van der Waals surface area contributed by atoms with Crippen molar-refractivity contribution in [1.29, 1.82) is 0 Å². The molecule has 0 radical (unpaired) electrons. The first-order chi connectivity index (χ1) is 14.9. The van der Waals surface area contributed by atoms with E-state index >= 15 is 0 Å². The Hall–Kier alpha value is -2.72. The zero-order valence-corrected chi connectivity index (χ0v) is 18.3. The molecule has 4 rings (SSSR count). The first kappa shape index (κ1) is 21.5. The quantitative estimate of drug-likeness (QED) is 0.630. The summed E-state index contributed by atoms with van der Waals surface area (Å²) in [6, 6.07) is 13.6. The van der Waals surface area contributed by atoms with Gasteiger partial charge in [0.1, 0.15) is 5.58 Å². The topological polar surface area (TPSA) is 92.1 Å². The number of piperazine rings is 1. The average Bonchev–Trinajstić information content (AvgIpc) is 3.13. The van der Waals surface area contributed by atoms with E-state index in [-0.39, 0.29) is 17.3 Å². The zero-order chi connectivity index (χ0) is 22.0. The van der Waals surface area contributed by atoms with Crippen LogP contribution < -0.4 is 5.32 Å². The Morgan fingerprint density at radius 2 is 1.74 bits per heavy atom. The third-order valence-electron chi connectivity index (χ3n) is 5.41. The maximum absolute atomic E-state index is 12.9. The number of amides is 1. The standard InChI is InChI=1S/C22H25N3O5S/c1-24-11-13-25(14-12-24)31(27,28)17-9-7-16(8-10-17)23-22(26)21-19(15-29-2)18-5-3-4-6-20(18)30-21/h3-10H,11-15H2,1-2H3,(H,23,26). The molecule has 0 atom stereocenters. The fourth-order valence-electron chi connectivity index (χ4n) is 3.65. The van der Waals surface area contributed by atoms with E-state index in [0.29, 0.717) is 43.0 Å². The van der Waals surface area contributed by atoms with E-state index in [1.807, 2.05) is 25.2 Å². The van der Waals surface area contributed by atoms with Crippen molar-refractivity contribution in [2.75, 3.05) is 45.7 Å². The lowest BCUT2D eigenvalue weighted by Gasteiger charge is -2.31. The molecule has 1 aliphatic heterocycles. The number of fused-ring (bicyclic) bond motifs is 1. The van der Waals surface area contributed by atoms with Gasteiger partial charge in [-0.2, -0.15) is 4.31 Å². The number of furan rings is 1. The Morgan fingerprint density at radius 3 is 2.42 bits per heavy atom. The highest BCUT2D eigenvalue weighted by atomic mass is 32.2. The SMILES string of the molecule is COCc1c(C(=O)Nc2ccc(S(=O)(=O)N3CCN(C)CC3)cc2)oc2ccccc12. The van der Waals surface area contributed by atoms with Gasteiger partial charge in [0.2, 0.25) is 10.0 Å². The predicted octanol–water partition coefficient (Wildman–Crippen LogP) is 2.77. The van der Waals surface area contributed by atoms with Gasteiger partial charge in [-0.1, -0.05) is 18.2 Å². The number of benzene rings is 2. The van der Waals surface area contributed by atoms with Crippen LogP contribution in [0.1, 0.15) is 16.1 Å². The van der Waals surface area contributed by atoms with E-state index in [1.54, 1.807) is 25.3 Å². The lowest BCUT2D eigenvalue weighted by molar-refractivity contribution is 0.0992. The molecule has 0 bridgehead atoms. The van der Waals surface area contributed by atoms with Crippen LogP contribution in [0.3, 0.4) is 0 Å².